The van der Waals surface area contributed by atoms with Crippen molar-refractivity contribution in [2.45, 2.75) is 19.4 Å². The Labute approximate surface area is 205 Å². The molecule has 0 radical (unpaired) electrons. The molecule has 3 aromatic rings. The summed E-state index contributed by atoms with van der Waals surface area (Å²) in [6.45, 7) is 3.96. The molecule has 1 fully saturated rings. The lowest BCUT2D eigenvalue weighted by Crippen LogP contribution is -2.36. The van der Waals surface area contributed by atoms with Gasteiger partial charge < -0.3 is 24.8 Å². The van der Waals surface area contributed by atoms with Gasteiger partial charge in [0, 0.05) is 31.4 Å². The van der Waals surface area contributed by atoms with Crippen LogP contribution in [0, 0.1) is 0 Å². The fraction of sp³-hybridized carbons (Fsp3) is 0.385. The first kappa shape index (κ1) is 24.6. The predicted molar refractivity (Wildman–Crippen MR) is 135 cm³/mol. The highest BCUT2D eigenvalue weighted by Crippen LogP contribution is 2.31. The second kappa shape index (κ2) is 12.2. The number of H-pyrrole nitrogens is 1. The summed E-state index contributed by atoms with van der Waals surface area (Å²) in [5.74, 6) is 1.32. The van der Waals surface area contributed by atoms with Crippen molar-refractivity contribution in [3.8, 4) is 22.6 Å². The van der Waals surface area contributed by atoms with E-state index >= 15 is 0 Å². The highest BCUT2D eigenvalue weighted by Gasteiger charge is 2.18. The van der Waals surface area contributed by atoms with Crippen molar-refractivity contribution >= 4 is 11.7 Å². The Morgan fingerprint density at radius 2 is 2.06 bits per heavy atom. The third-order valence-electron chi connectivity index (χ3n) is 6.08. The molecule has 2 heterocycles. The largest absolute Gasteiger partial charge is 0.497 e. The number of nitrogens with zero attached hydrogens (tertiary/aromatic N) is 3. The molecule has 3 N–H and O–H groups in total. The molecule has 4 rings (SSSR count). The molecule has 0 aliphatic carbocycles. The molecule has 1 aliphatic rings. The second-order valence-corrected chi connectivity index (χ2v) is 8.52. The molecule has 9 nitrogen and oxygen atoms in total. The van der Waals surface area contributed by atoms with Gasteiger partial charge in [-0.25, -0.2) is 4.79 Å². The first-order valence-corrected chi connectivity index (χ1v) is 11.9. The Morgan fingerprint density at radius 3 is 2.80 bits per heavy atom. The van der Waals surface area contributed by atoms with Gasteiger partial charge in [-0.3, -0.25) is 10.00 Å². The predicted octanol–water partition coefficient (Wildman–Crippen LogP) is 3.59. The summed E-state index contributed by atoms with van der Waals surface area (Å²) in [7, 11) is 1.61. The van der Waals surface area contributed by atoms with E-state index in [1.807, 2.05) is 48.7 Å². The number of aromatic nitrogens is 2. The van der Waals surface area contributed by atoms with E-state index in [-0.39, 0.29) is 19.2 Å². The van der Waals surface area contributed by atoms with Crippen molar-refractivity contribution in [2.75, 3.05) is 51.8 Å². The summed E-state index contributed by atoms with van der Waals surface area (Å²) in [6.07, 6.45) is 6.02. The molecule has 0 atom stereocenters. The summed E-state index contributed by atoms with van der Waals surface area (Å²) >= 11 is 0. The number of urea groups is 1. The summed E-state index contributed by atoms with van der Waals surface area (Å²) in [5.41, 5.74) is 3.37. The zero-order valence-corrected chi connectivity index (χ0v) is 20.1. The average Bonchev–Trinajstić information content (AvgIpc) is 3.60. The topological polar surface area (TPSA) is 103 Å². The molecule has 1 aromatic heterocycles. The number of aliphatic hydroxyl groups is 1. The van der Waals surface area contributed by atoms with E-state index in [1.54, 1.807) is 18.2 Å². The molecule has 186 valence electrons. The maximum atomic E-state index is 13.2. The quantitative estimate of drug-likeness (QED) is 0.388. The number of hydrogen-bond acceptors (Lipinski definition) is 6. The number of ether oxygens (including phenoxy) is 2. The van der Waals surface area contributed by atoms with E-state index in [1.165, 1.54) is 12.8 Å². The summed E-state index contributed by atoms with van der Waals surface area (Å²) in [4.78, 5) is 17.2. The number of hydrogen-bond donors (Lipinski definition) is 3. The summed E-state index contributed by atoms with van der Waals surface area (Å²) < 4.78 is 11.4. The zero-order valence-electron chi connectivity index (χ0n) is 20.1. The van der Waals surface area contributed by atoms with Crippen LogP contribution in [0.2, 0.25) is 0 Å². The number of methoxy groups -OCH3 is 1. The Hall–Kier alpha value is -3.56. The van der Waals surface area contributed by atoms with Crippen LogP contribution in [-0.4, -0.2) is 77.6 Å². The molecule has 1 saturated heterocycles. The van der Waals surface area contributed by atoms with Crippen molar-refractivity contribution in [3.63, 3.8) is 0 Å². The molecule has 0 saturated carbocycles. The Bertz CT molecular complexity index is 1080. The van der Waals surface area contributed by atoms with E-state index in [0.29, 0.717) is 24.6 Å². The van der Waals surface area contributed by atoms with Gasteiger partial charge in [0.1, 0.15) is 18.1 Å². The van der Waals surface area contributed by atoms with Gasteiger partial charge in [0.25, 0.3) is 0 Å². The molecule has 0 bridgehead atoms. The van der Waals surface area contributed by atoms with Gasteiger partial charge in [-0.15, -0.1) is 0 Å². The van der Waals surface area contributed by atoms with Gasteiger partial charge in [-0.2, -0.15) is 5.10 Å². The lowest BCUT2D eigenvalue weighted by Gasteiger charge is -2.24. The van der Waals surface area contributed by atoms with Crippen LogP contribution in [0.15, 0.2) is 54.9 Å². The van der Waals surface area contributed by atoms with E-state index in [2.05, 4.69) is 20.4 Å². The normalized spacial score (nSPS) is 13.5. The van der Waals surface area contributed by atoms with Crippen molar-refractivity contribution < 1.29 is 19.4 Å². The Balaban J connectivity index is 1.49. The van der Waals surface area contributed by atoms with Crippen LogP contribution < -0.4 is 14.8 Å². The van der Waals surface area contributed by atoms with Gasteiger partial charge in [0.2, 0.25) is 0 Å². The molecule has 35 heavy (non-hydrogen) atoms. The van der Waals surface area contributed by atoms with Crippen molar-refractivity contribution in [2.24, 2.45) is 0 Å². The highest BCUT2D eigenvalue weighted by atomic mass is 16.5. The monoisotopic (exact) mass is 479 g/mol. The van der Waals surface area contributed by atoms with Crippen LogP contribution in [0.5, 0.6) is 11.5 Å². The smallest absolute Gasteiger partial charge is 0.322 e. The van der Waals surface area contributed by atoms with Crippen LogP contribution >= 0.6 is 0 Å². The average molecular weight is 480 g/mol. The number of rotatable bonds is 11. The third-order valence-corrected chi connectivity index (χ3v) is 6.08. The van der Waals surface area contributed by atoms with Crippen LogP contribution in [-0.2, 0) is 6.54 Å². The minimum Gasteiger partial charge on any atom is -0.497 e. The van der Waals surface area contributed by atoms with Gasteiger partial charge in [-0.1, -0.05) is 18.2 Å². The number of likely N-dealkylation sites (tertiary alicyclic amines) is 1. The fourth-order valence-corrected chi connectivity index (χ4v) is 4.18. The van der Waals surface area contributed by atoms with Gasteiger partial charge in [0.05, 0.1) is 25.6 Å². The molecule has 0 spiro atoms. The molecule has 9 heteroatoms. The summed E-state index contributed by atoms with van der Waals surface area (Å²) in [5, 5.41) is 19.4. The minimum atomic E-state index is -0.317. The third kappa shape index (κ3) is 6.74. The molecule has 2 aromatic carbocycles. The van der Waals surface area contributed by atoms with Gasteiger partial charge in [-0.05, 0) is 61.3 Å². The van der Waals surface area contributed by atoms with Crippen LogP contribution in [0.3, 0.4) is 0 Å². The number of aromatic amines is 1. The second-order valence-electron chi connectivity index (χ2n) is 8.52. The molecule has 1 aliphatic heterocycles. The van der Waals surface area contributed by atoms with Crippen LogP contribution in [0.25, 0.3) is 11.1 Å². The zero-order chi connectivity index (χ0) is 24.5. The number of carbonyl (C=O) groups excluding carboxylic acids is 1. The molecular weight excluding hydrogens is 446 g/mol. The van der Waals surface area contributed by atoms with E-state index in [9.17, 15) is 9.90 Å². The van der Waals surface area contributed by atoms with Crippen molar-refractivity contribution in [1.29, 1.82) is 0 Å². The van der Waals surface area contributed by atoms with Gasteiger partial charge in [0.15, 0.2) is 0 Å². The molecule has 2 amide bonds. The maximum Gasteiger partial charge on any atom is 0.322 e. The first-order chi connectivity index (χ1) is 17.2. The van der Waals surface area contributed by atoms with Crippen LogP contribution in [0.1, 0.15) is 18.4 Å². The number of amides is 2. The number of aliphatic hydroxyl groups excluding tert-OH is 1. The first-order valence-electron chi connectivity index (χ1n) is 11.9. The van der Waals surface area contributed by atoms with E-state index in [4.69, 9.17) is 9.47 Å². The fourth-order valence-electron chi connectivity index (χ4n) is 4.18. The summed E-state index contributed by atoms with van der Waals surface area (Å²) in [6, 6.07) is 12.9. The lowest BCUT2D eigenvalue weighted by molar-refractivity contribution is 0.185. The Morgan fingerprint density at radius 1 is 1.20 bits per heavy atom. The molecule has 0 unspecified atom stereocenters. The van der Waals surface area contributed by atoms with Crippen molar-refractivity contribution in [3.05, 3.63) is 60.4 Å². The maximum absolute atomic E-state index is 13.2. The number of carbonyl (C=O) groups is 1. The lowest BCUT2D eigenvalue weighted by atomic mass is 10.1. The van der Waals surface area contributed by atoms with E-state index in [0.717, 1.165) is 42.1 Å². The number of anilines is 1. The van der Waals surface area contributed by atoms with Crippen LogP contribution in [0.4, 0.5) is 10.5 Å². The number of benzene rings is 2. The molecular formula is C26H33N5O4. The Kier molecular flexibility index (Phi) is 8.58. The van der Waals surface area contributed by atoms with Gasteiger partial charge >= 0.3 is 6.03 Å². The number of nitrogens with one attached hydrogen (secondary N) is 2. The van der Waals surface area contributed by atoms with E-state index < -0.39 is 0 Å². The van der Waals surface area contributed by atoms with Crippen molar-refractivity contribution in [1.82, 2.24) is 20.0 Å². The SMILES string of the molecule is COc1cccc(CN(CCO)C(=O)Nc2ccc(-c3cn[nH]c3)cc2OCCN2CCCC2)c1. The highest BCUT2D eigenvalue weighted by molar-refractivity contribution is 5.91. The standard InChI is InChI=1S/C26H33N5O4/c1-34-23-6-4-5-20(15-23)19-31(11-13-32)26(33)29-24-8-7-21(22-17-27-28-18-22)16-25(24)35-14-12-30-9-2-3-10-30/h4-8,15-18,32H,2-3,9-14,19H2,1H3,(H,27,28)(H,29,33). The minimum absolute atomic E-state index is 0.143.